The van der Waals surface area contributed by atoms with E-state index in [9.17, 15) is 9.59 Å². The molecule has 30 heavy (non-hydrogen) atoms. The van der Waals surface area contributed by atoms with E-state index in [-0.39, 0.29) is 23.3 Å². The van der Waals surface area contributed by atoms with Crippen LogP contribution < -0.4 is 10.9 Å². The molecule has 0 aliphatic heterocycles. The standard InChI is InChI=1S/C23H34N4O2S/c1-4-26(5-2)14-15-27-22(29)18-11-7-9-13-20(18)25-23(27)30-16-21(28)24-19-12-8-6-10-17(19)3/h7,9,11,13,17,19H,4-6,8,10,12,14-16H2,1-3H3,(H,24,28)/t17-,19+/m0/s1. The number of nitrogens with one attached hydrogen (secondary N) is 1. The Kier molecular flexibility index (Phi) is 8.33. The first-order chi connectivity index (χ1) is 14.5. The predicted molar refractivity (Wildman–Crippen MR) is 124 cm³/mol. The summed E-state index contributed by atoms with van der Waals surface area (Å²) < 4.78 is 1.74. The molecule has 1 heterocycles. The lowest BCUT2D eigenvalue weighted by Crippen LogP contribution is -2.42. The molecule has 0 radical (unpaired) electrons. The first-order valence-electron chi connectivity index (χ1n) is 11.2. The molecule has 0 unspecified atom stereocenters. The van der Waals surface area contributed by atoms with Gasteiger partial charge in [0, 0.05) is 19.1 Å². The van der Waals surface area contributed by atoms with Crippen LogP contribution in [0.1, 0.15) is 46.5 Å². The van der Waals surface area contributed by atoms with Crippen molar-refractivity contribution in [1.29, 1.82) is 0 Å². The molecule has 164 valence electrons. The van der Waals surface area contributed by atoms with Crippen molar-refractivity contribution in [2.75, 3.05) is 25.4 Å². The lowest BCUT2D eigenvalue weighted by atomic mass is 9.86. The van der Waals surface area contributed by atoms with E-state index >= 15 is 0 Å². The zero-order valence-electron chi connectivity index (χ0n) is 18.4. The summed E-state index contributed by atoms with van der Waals surface area (Å²) in [5.74, 6) is 0.828. The number of amides is 1. The summed E-state index contributed by atoms with van der Waals surface area (Å²) in [7, 11) is 0. The van der Waals surface area contributed by atoms with Crippen LogP contribution >= 0.6 is 11.8 Å². The first-order valence-corrected chi connectivity index (χ1v) is 12.2. The highest BCUT2D eigenvalue weighted by molar-refractivity contribution is 7.99. The van der Waals surface area contributed by atoms with Gasteiger partial charge in [-0.05, 0) is 44.0 Å². The number of likely N-dealkylation sites (N-methyl/N-ethyl adjacent to an activating group) is 1. The third-order valence-corrected chi connectivity index (χ3v) is 7.13. The van der Waals surface area contributed by atoms with Crippen molar-refractivity contribution in [3.63, 3.8) is 0 Å². The highest BCUT2D eigenvalue weighted by atomic mass is 32.2. The molecular formula is C23H34N4O2S. The molecule has 6 nitrogen and oxygen atoms in total. The summed E-state index contributed by atoms with van der Waals surface area (Å²) in [5.41, 5.74) is 0.655. The van der Waals surface area contributed by atoms with E-state index in [0.29, 0.717) is 28.5 Å². The molecule has 1 aliphatic rings. The summed E-state index contributed by atoms with van der Waals surface area (Å²) in [6, 6.07) is 7.71. The van der Waals surface area contributed by atoms with Crippen LogP contribution in [0.15, 0.2) is 34.2 Å². The normalized spacial score (nSPS) is 19.3. The van der Waals surface area contributed by atoms with Crippen molar-refractivity contribution in [3.8, 4) is 0 Å². The number of hydrogen-bond acceptors (Lipinski definition) is 5. The van der Waals surface area contributed by atoms with Crippen molar-refractivity contribution in [2.45, 2.75) is 64.2 Å². The van der Waals surface area contributed by atoms with Crippen LogP contribution in [0.5, 0.6) is 0 Å². The van der Waals surface area contributed by atoms with Gasteiger partial charge in [-0.25, -0.2) is 4.98 Å². The molecule has 0 spiro atoms. The van der Waals surface area contributed by atoms with Gasteiger partial charge in [-0.3, -0.25) is 14.2 Å². The van der Waals surface area contributed by atoms with Crippen molar-refractivity contribution in [1.82, 2.24) is 19.8 Å². The van der Waals surface area contributed by atoms with Crippen molar-refractivity contribution in [2.24, 2.45) is 5.92 Å². The lowest BCUT2D eigenvalue weighted by Gasteiger charge is -2.29. The molecule has 1 fully saturated rings. The molecule has 1 aromatic heterocycles. The molecule has 2 atom stereocenters. The molecule has 1 aliphatic carbocycles. The predicted octanol–water partition coefficient (Wildman–Crippen LogP) is 3.53. The topological polar surface area (TPSA) is 67.2 Å². The smallest absolute Gasteiger partial charge is 0.262 e. The van der Waals surface area contributed by atoms with Gasteiger partial charge in [0.05, 0.1) is 16.7 Å². The second-order valence-electron chi connectivity index (χ2n) is 8.12. The minimum Gasteiger partial charge on any atom is -0.352 e. The van der Waals surface area contributed by atoms with E-state index in [2.05, 4.69) is 31.0 Å². The SMILES string of the molecule is CCN(CC)CCn1c(SCC(=O)N[C@@H]2CCCC[C@@H]2C)nc2ccccc2c1=O. The second-order valence-corrected chi connectivity index (χ2v) is 9.06. The maximum atomic E-state index is 13.1. The van der Waals surface area contributed by atoms with Gasteiger partial charge in [-0.1, -0.05) is 57.5 Å². The number of nitrogens with zero attached hydrogens (tertiary/aromatic N) is 3. The average molecular weight is 431 g/mol. The van der Waals surface area contributed by atoms with Crippen LogP contribution in [-0.4, -0.2) is 51.8 Å². The van der Waals surface area contributed by atoms with Crippen molar-refractivity contribution < 1.29 is 4.79 Å². The molecule has 0 bridgehead atoms. The molecule has 1 amide bonds. The van der Waals surface area contributed by atoms with Gasteiger partial charge in [0.15, 0.2) is 5.16 Å². The summed E-state index contributed by atoms with van der Waals surface area (Å²) in [5, 5.41) is 4.45. The lowest BCUT2D eigenvalue weighted by molar-refractivity contribution is -0.119. The van der Waals surface area contributed by atoms with E-state index in [4.69, 9.17) is 4.98 Å². The molecule has 7 heteroatoms. The number of benzene rings is 1. The highest BCUT2D eigenvalue weighted by Crippen LogP contribution is 2.24. The van der Waals surface area contributed by atoms with E-state index in [1.165, 1.54) is 31.0 Å². The third kappa shape index (κ3) is 5.64. The molecule has 2 aromatic rings. The average Bonchev–Trinajstić information content (AvgIpc) is 2.76. The number of carbonyl (C=O) groups is 1. The maximum Gasteiger partial charge on any atom is 0.262 e. The number of hydrogen-bond donors (Lipinski definition) is 1. The fourth-order valence-corrected chi connectivity index (χ4v) is 4.98. The van der Waals surface area contributed by atoms with Gasteiger partial charge in [-0.2, -0.15) is 0 Å². The molecule has 0 saturated heterocycles. The first kappa shape index (κ1) is 22.8. The van der Waals surface area contributed by atoms with Gasteiger partial charge in [0.25, 0.3) is 5.56 Å². The van der Waals surface area contributed by atoms with E-state index in [0.717, 1.165) is 26.1 Å². The van der Waals surface area contributed by atoms with Crippen LogP contribution in [0.3, 0.4) is 0 Å². The highest BCUT2D eigenvalue weighted by Gasteiger charge is 2.23. The van der Waals surface area contributed by atoms with Crippen molar-refractivity contribution >= 4 is 28.6 Å². The summed E-state index contributed by atoms with van der Waals surface area (Å²) in [6.07, 6.45) is 4.66. The van der Waals surface area contributed by atoms with Crippen LogP contribution in [0.4, 0.5) is 0 Å². The van der Waals surface area contributed by atoms with Crippen molar-refractivity contribution in [3.05, 3.63) is 34.6 Å². The zero-order chi connectivity index (χ0) is 21.5. The van der Waals surface area contributed by atoms with E-state index in [1.807, 2.05) is 24.3 Å². The Labute approximate surface area is 183 Å². The summed E-state index contributed by atoms with van der Waals surface area (Å²) >= 11 is 1.36. The fraction of sp³-hybridized carbons (Fsp3) is 0.609. The molecular weight excluding hydrogens is 396 g/mol. The van der Waals surface area contributed by atoms with Gasteiger partial charge in [-0.15, -0.1) is 0 Å². The van der Waals surface area contributed by atoms with Gasteiger partial charge in [0.2, 0.25) is 5.91 Å². The third-order valence-electron chi connectivity index (χ3n) is 6.15. The number of carbonyl (C=O) groups excluding carboxylic acids is 1. The number of rotatable bonds is 9. The summed E-state index contributed by atoms with van der Waals surface area (Å²) in [6.45, 7) is 9.70. The maximum absolute atomic E-state index is 13.1. The Morgan fingerprint density at radius 3 is 2.70 bits per heavy atom. The largest absolute Gasteiger partial charge is 0.352 e. The number of para-hydroxylation sites is 1. The van der Waals surface area contributed by atoms with Crippen LogP contribution in [-0.2, 0) is 11.3 Å². The van der Waals surface area contributed by atoms with Crippen LogP contribution in [0.2, 0.25) is 0 Å². The summed E-state index contributed by atoms with van der Waals surface area (Å²) in [4.78, 5) is 32.7. The Balaban J connectivity index is 1.76. The van der Waals surface area contributed by atoms with E-state index in [1.54, 1.807) is 4.57 Å². The molecule has 1 N–H and O–H groups in total. The monoisotopic (exact) mass is 430 g/mol. The fourth-order valence-electron chi connectivity index (χ4n) is 4.15. The molecule has 1 aromatic carbocycles. The second kappa shape index (κ2) is 11.0. The molecule has 3 rings (SSSR count). The van der Waals surface area contributed by atoms with Crippen LogP contribution in [0, 0.1) is 5.92 Å². The number of aromatic nitrogens is 2. The Bertz CT molecular complexity index is 910. The Morgan fingerprint density at radius 2 is 1.97 bits per heavy atom. The van der Waals surface area contributed by atoms with Gasteiger partial charge >= 0.3 is 0 Å². The van der Waals surface area contributed by atoms with Crippen LogP contribution in [0.25, 0.3) is 10.9 Å². The number of fused-ring (bicyclic) bond motifs is 1. The van der Waals surface area contributed by atoms with E-state index < -0.39 is 0 Å². The zero-order valence-corrected chi connectivity index (χ0v) is 19.2. The Hall–Kier alpha value is -1.86. The quantitative estimate of drug-likeness (QED) is 0.487. The number of thioether (sulfide) groups is 1. The van der Waals surface area contributed by atoms with Gasteiger partial charge in [0.1, 0.15) is 0 Å². The van der Waals surface area contributed by atoms with Gasteiger partial charge < -0.3 is 10.2 Å². The minimum atomic E-state index is -0.0310. The minimum absolute atomic E-state index is 0.0245. The molecule has 1 saturated carbocycles. The Morgan fingerprint density at radius 1 is 1.23 bits per heavy atom.